The lowest BCUT2D eigenvalue weighted by atomic mass is 10.1. The van der Waals surface area contributed by atoms with E-state index in [4.69, 9.17) is 14.8 Å². The summed E-state index contributed by atoms with van der Waals surface area (Å²) >= 11 is 0. The Labute approximate surface area is 97.2 Å². The molecule has 17 heavy (non-hydrogen) atoms. The zero-order chi connectivity index (χ0) is 13.1. The number of hydrogen-bond donors (Lipinski definition) is 3. The Morgan fingerprint density at radius 2 is 1.71 bits per heavy atom. The van der Waals surface area contributed by atoms with Crippen molar-refractivity contribution in [1.29, 1.82) is 0 Å². The van der Waals surface area contributed by atoms with Crippen molar-refractivity contribution in [1.82, 2.24) is 0 Å². The Balaban J connectivity index is 2.59. The topological polar surface area (TPSA) is 121 Å². The van der Waals surface area contributed by atoms with Gasteiger partial charge in [-0.3, -0.25) is 9.35 Å². The Morgan fingerprint density at radius 3 is 2.18 bits per heavy atom. The fourth-order valence-corrected chi connectivity index (χ4v) is 1.52. The van der Waals surface area contributed by atoms with E-state index in [1.54, 1.807) is 0 Å². The van der Waals surface area contributed by atoms with E-state index in [9.17, 15) is 13.2 Å². The van der Waals surface area contributed by atoms with Gasteiger partial charge in [0.15, 0.2) is 0 Å². The van der Waals surface area contributed by atoms with Gasteiger partial charge in [-0.2, -0.15) is 8.42 Å². The fourth-order valence-electron chi connectivity index (χ4n) is 1.21. The quantitative estimate of drug-likeness (QED) is 0.670. The molecule has 8 heteroatoms. The zero-order valence-corrected chi connectivity index (χ0v) is 9.35. The molecule has 0 saturated carbocycles. The number of hydrogen-bond acceptors (Lipinski definition) is 6. The van der Waals surface area contributed by atoms with Gasteiger partial charge in [-0.25, -0.2) is 0 Å². The second kappa shape index (κ2) is 5.02. The Morgan fingerprint density at radius 1 is 1.18 bits per heavy atom. The molecule has 0 bridgehead atoms. The van der Waals surface area contributed by atoms with E-state index in [0.29, 0.717) is 5.56 Å². The highest BCUT2D eigenvalue weighted by atomic mass is 32.3. The Hall–Kier alpha value is -1.80. The van der Waals surface area contributed by atoms with Crippen molar-refractivity contribution in [2.75, 3.05) is 0 Å². The maximum Gasteiger partial charge on any atom is 0.448 e. The molecule has 94 valence electrons. The van der Waals surface area contributed by atoms with Crippen molar-refractivity contribution in [3.8, 4) is 11.5 Å². The number of rotatable bonds is 4. The van der Waals surface area contributed by atoms with Crippen molar-refractivity contribution in [3.05, 3.63) is 23.8 Å². The van der Waals surface area contributed by atoms with E-state index < -0.39 is 16.4 Å². The van der Waals surface area contributed by atoms with Crippen LogP contribution in [0.1, 0.15) is 12.0 Å². The molecule has 3 N–H and O–H groups in total. The second-order valence-corrected chi connectivity index (χ2v) is 4.26. The van der Waals surface area contributed by atoms with E-state index in [-0.39, 0.29) is 24.3 Å². The highest BCUT2D eigenvalue weighted by Crippen LogP contribution is 2.21. The zero-order valence-electron chi connectivity index (χ0n) is 8.53. The highest BCUT2D eigenvalue weighted by Gasteiger charge is 2.13. The Bertz CT molecular complexity index is 500. The lowest BCUT2D eigenvalue weighted by Gasteiger charge is -2.03. The molecule has 0 spiro atoms. The fraction of sp³-hybridized carbons (Fsp3) is 0.222. The molecule has 7 nitrogen and oxygen atoms in total. The molecular formula is C9H10O7S. The maximum atomic E-state index is 10.9. The number of carbonyl (C=O) groups excluding carboxylic acids is 1. The van der Waals surface area contributed by atoms with E-state index in [0.717, 1.165) is 6.07 Å². The average molecular weight is 262 g/mol. The first-order chi connectivity index (χ1) is 7.76. The molecule has 0 atom stereocenters. The van der Waals surface area contributed by atoms with Crippen molar-refractivity contribution >= 4 is 16.4 Å². The summed E-state index contributed by atoms with van der Waals surface area (Å²) in [5.41, 5.74) is 0.426. The van der Waals surface area contributed by atoms with Crippen molar-refractivity contribution in [2.45, 2.75) is 12.8 Å². The van der Waals surface area contributed by atoms with Gasteiger partial charge >= 0.3 is 16.4 Å². The number of aromatic hydroxyl groups is 2. The number of benzene rings is 1. The lowest BCUT2D eigenvalue weighted by molar-refractivity contribution is -0.134. The van der Waals surface area contributed by atoms with Crippen LogP contribution in [0.15, 0.2) is 18.2 Å². The van der Waals surface area contributed by atoms with Crippen molar-refractivity contribution < 1.29 is 32.2 Å². The van der Waals surface area contributed by atoms with Crippen LogP contribution in [0.2, 0.25) is 0 Å². The van der Waals surface area contributed by atoms with Crippen molar-refractivity contribution in [3.63, 3.8) is 0 Å². The molecule has 0 fully saturated rings. The summed E-state index contributed by atoms with van der Waals surface area (Å²) < 4.78 is 32.3. The van der Waals surface area contributed by atoms with Gasteiger partial charge in [0.2, 0.25) is 0 Å². The monoisotopic (exact) mass is 262 g/mol. The smallest absolute Gasteiger partial charge is 0.448 e. The second-order valence-electron chi connectivity index (χ2n) is 3.24. The summed E-state index contributed by atoms with van der Waals surface area (Å²) in [6.45, 7) is 0. The van der Waals surface area contributed by atoms with Crippen LogP contribution in [0.4, 0.5) is 0 Å². The van der Waals surface area contributed by atoms with Gasteiger partial charge in [-0.15, -0.1) is 0 Å². The van der Waals surface area contributed by atoms with Gasteiger partial charge in [0.05, 0.1) is 6.42 Å². The standard InChI is InChI=1S/C9H10O7S/c10-7-3-6(4-8(11)5-7)1-2-9(12)16-17(13,14)15/h3-5,10-11H,1-2H2,(H,13,14,15). The normalized spacial score (nSPS) is 11.1. The third-order valence-corrected chi connectivity index (χ3v) is 2.17. The average Bonchev–Trinajstić information content (AvgIpc) is 2.10. The van der Waals surface area contributed by atoms with Crippen molar-refractivity contribution in [2.24, 2.45) is 0 Å². The number of carbonyl (C=O) groups is 1. The molecule has 0 aromatic heterocycles. The maximum absolute atomic E-state index is 10.9. The predicted molar refractivity (Wildman–Crippen MR) is 55.7 cm³/mol. The molecule has 1 aromatic carbocycles. The molecule has 0 radical (unpaired) electrons. The first-order valence-electron chi connectivity index (χ1n) is 4.48. The van der Waals surface area contributed by atoms with E-state index in [1.165, 1.54) is 12.1 Å². The molecule has 0 amide bonds. The third-order valence-electron chi connectivity index (χ3n) is 1.78. The van der Waals surface area contributed by atoms with Crippen LogP contribution in [0, 0.1) is 0 Å². The third kappa shape index (κ3) is 5.18. The molecule has 0 unspecified atom stereocenters. The summed E-state index contributed by atoms with van der Waals surface area (Å²) in [4.78, 5) is 10.9. The van der Waals surface area contributed by atoms with Crippen LogP contribution in [0.5, 0.6) is 11.5 Å². The van der Waals surface area contributed by atoms with Crippen LogP contribution in [-0.4, -0.2) is 29.2 Å². The van der Waals surface area contributed by atoms with E-state index >= 15 is 0 Å². The van der Waals surface area contributed by atoms with Gasteiger partial charge in [0.25, 0.3) is 0 Å². The molecule has 0 aliphatic heterocycles. The van der Waals surface area contributed by atoms with Crippen LogP contribution in [-0.2, 0) is 25.8 Å². The predicted octanol–water partition coefficient (Wildman–Crippen LogP) is 0.376. The molecule has 0 aliphatic rings. The van der Waals surface area contributed by atoms with Crippen LogP contribution >= 0.6 is 0 Å². The molecule has 0 saturated heterocycles. The summed E-state index contributed by atoms with van der Waals surface area (Å²) in [6, 6.07) is 3.72. The summed E-state index contributed by atoms with van der Waals surface area (Å²) in [6.07, 6.45) is -0.265. The molecule has 1 aromatic rings. The molecule has 1 rings (SSSR count). The lowest BCUT2D eigenvalue weighted by Crippen LogP contribution is -2.12. The molecule has 0 aliphatic carbocycles. The summed E-state index contributed by atoms with van der Waals surface area (Å²) in [5, 5.41) is 18.3. The minimum atomic E-state index is -4.79. The molecule has 0 heterocycles. The van der Waals surface area contributed by atoms with Gasteiger partial charge in [0.1, 0.15) is 11.5 Å². The van der Waals surface area contributed by atoms with Gasteiger partial charge in [-0.05, 0) is 24.1 Å². The van der Waals surface area contributed by atoms with Gasteiger partial charge < -0.3 is 14.4 Å². The van der Waals surface area contributed by atoms with Crippen LogP contribution < -0.4 is 0 Å². The largest absolute Gasteiger partial charge is 0.508 e. The van der Waals surface area contributed by atoms with E-state index in [1.807, 2.05) is 0 Å². The van der Waals surface area contributed by atoms with Crippen LogP contribution in [0.25, 0.3) is 0 Å². The number of phenols is 2. The van der Waals surface area contributed by atoms with Crippen LogP contribution in [0.3, 0.4) is 0 Å². The first kappa shape index (κ1) is 13.3. The number of aryl methyl sites for hydroxylation is 1. The van der Waals surface area contributed by atoms with Gasteiger partial charge in [0, 0.05) is 6.07 Å². The highest BCUT2D eigenvalue weighted by molar-refractivity contribution is 7.81. The summed E-state index contributed by atoms with van der Waals surface area (Å²) in [7, 11) is -4.79. The molecular weight excluding hydrogens is 252 g/mol. The Kier molecular flexibility index (Phi) is 3.92. The first-order valence-corrected chi connectivity index (χ1v) is 5.84. The number of phenolic OH excluding ortho intramolecular Hbond substituents is 2. The van der Waals surface area contributed by atoms with E-state index in [2.05, 4.69) is 4.18 Å². The minimum absolute atomic E-state index is 0.0519. The minimum Gasteiger partial charge on any atom is -0.508 e. The van der Waals surface area contributed by atoms with Gasteiger partial charge in [-0.1, -0.05) is 0 Å². The summed E-state index contributed by atoms with van der Waals surface area (Å²) in [5.74, 6) is -1.48. The SMILES string of the molecule is O=C(CCc1cc(O)cc(O)c1)OS(=O)(=O)O.